The normalized spacial score (nSPS) is 14.8. The Hall–Kier alpha value is -4.08. The number of fused-ring (bicyclic) bond motifs is 2. The first-order valence-corrected chi connectivity index (χ1v) is 14.8. The van der Waals surface area contributed by atoms with Gasteiger partial charge in [0.1, 0.15) is 23.7 Å². The number of piperazine rings is 1. The standard InChI is InChI=1S/C33H39N7O2/c1-23(2)28-9-6-8-26(35-28)22-40-29-10-5-7-25(33(29)24(3)36-40)19-31(41)30-21-34-32-20-27(11-12-39(30)32)42-18-17-38-15-13-37(4)14-16-38/h5-12,20-21,23H,13-19,22H2,1-4H3. The van der Waals surface area contributed by atoms with Crippen LogP contribution in [-0.4, -0.2) is 86.1 Å². The summed E-state index contributed by atoms with van der Waals surface area (Å²) in [6.07, 6.45) is 3.81. The molecular formula is C33H39N7O2. The Morgan fingerprint density at radius 3 is 2.67 bits per heavy atom. The number of nitrogens with zero attached hydrogens (tertiary/aromatic N) is 7. The first kappa shape index (κ1) is 28.1. The summed E-state index contributed by atoms with van der Waals surface area (Å²) < 4.78 is 9.86. The number of pyridine rings is 2. The molecule has 0 saturated carbocycles. The van der Waals surface area contributed by atoms with Crippen molar-refractivity contribution in [3.63, 3.8) is 0 Å². The molecule has 0 radical (unpaired) electrons. The maximum Gasteiger partial charge on any atom is 0.185 e. The molecule has 5 heterocycles. The zero-order valence-electron chi connectivity index (χ0n) is 25.0. The van der Waals surface area contributed by atoms with Crippen molar-refractivity contribution in [3.05, 3.63) is 89.3 Å². The number of hydrogen-bond donors (Lipinski definition) is 0. The molecule has 4 aromatic heterocycles. The van der Waals surface area contributed by atoms with Crippen LogP contribution in [0, 0.1) is 6.92 Å². The van der Waals surface area contributed by atoms with Crippen LogP contribution in [0.15, 0.2) is 60.9 Å². The lowest BCUT2D eigenvalue weighted by Crippen LogP contribution is -2.45. The average molecular weight is 566 g/mol. The third kappa shape index (κ3) is 5.93. The topological polar surface area (TPSA) is 80.8 Å². The lowest BCUT2D eigenvalue weighted by Gasteiger charge is -2.32. The first-order valence-electron chi connectivity index (χ1n) is 14.8. The number of Topliss-reactive ketones (excluding diaryl/α,β-unsaturated/α-hetero) is 1. The Morgan fingerprint density at radius 1 is 1.05 bits per heavy atom. The summed E-state index contributed by atoms with van der Waals surface area (Å²) in [7, 11) is 2.16. The monoisotopic (exact) mass is 565 g/mol. The second-order valence-electron chi connectivity index (χ2n) is 11.6. The van der Waals surface area contributed by atoms with E-state index < -0.39 is 0 Å². The second kappa shape index (κ2) is 12.0. The zero-order valence-corrected chi connectivity index (χ0v) is 25.0. The van der Waals surface area contributed by atoms with E-state index in [2.05, 4.69) is 53.9 Å². The summed E-state index contributed by atoms with van der Waals surface area (Å²) in [6.45, 7) is 12.7. The molecule has 6 rings (SSSR count). The number of aryl methyl sites for hydroxylation is 1. The van der Waals surface area contributed by atoms with Crippen molar-refractivity contribution in [1.29, 1.82) is 0 Å². The number of benzene rings is 1. The molecule has 1 aromatic carbocycles. The van der Waals surface area contributed by atoms with Gasteiger partial charge in [0, 0.05) is 62.5 Å². The molecule has 1 aliphatic heterocycles. The van der Waals surface area contributed by atoms with Crippen LogP contribution in [0.2, 0.25) is 0 Å². The molecule has 42 heavy (non-hydrogen) atoms. The molecule has 0 aliphatic carbocycles. The van der Waals surface area contributed by atoms with Crippen molar-refractivity contribution in [3.8, 4) is 5.75 Å². The highest BCUT2D eigenvalue weighted by molar-refractivity contribution is 5.99. The molecule has 1 fully saturated rings. The minimum absolute atomic E-state index is 0.0113. The van der Waals surface area contributed by atoms with Gasteiger partial charge in [-0.15, -0.1) is 0 Å². The Morgan fingerprint density at radius 2 is 1.86 bits per heavy atom. The number of hydrogen-bond acceptors (Lipinski definition) is 7. The molecule has 0 bridgehead atoms. The summed E-state index contributed by atoms with van der Waals surface area (Å²) in [5, 5.41) is 5.86. The van der Waals surface area contributed by atoms with Crippen molar-refractivity contribution >= 4 is 22.3 Å². The molecular weight excluding hydrogens is 526 g/mol. The van der Waals surface area contributed by atoms with Gasteiger partial charge >= 0.3 is 0 Å². The minimum Gasteiger partial charge on any atom is -0.492 e. The van der Waals surface area contributed by atoms with E-state index in [1.807, 2.05) is 52.5 Å². The number of imidazole rings is 1. The molecule has 0 spiro atoms. The quantitative estimate of drug-likeness (QED) is 0.229. The Bertz CT molecular complexity index is 1710. The lowest BCUT2D eigenvalue weighted by molar-refractivity contribution is 0.0987. The second-order valence-corrected chi connectivity index (χ2v) is 11.6. The van der Waals surface area contributed by atoms with Crippen LogP contribution < -0.4 is 4.74 Å². The number of likely N-dealkylation sites (N-methyl/N-ethyl adjacent to an activating group) is 1. The first-order chi connectivity index (χ1) is 20.4. The largest absolute Gasteiger partial charge is 0.492 e. The number of ketones is 1. The van der Waals surface area contributed by atoms with Gasteiger partial charge < -0.3 is 9.64 Å². The lowest BCUT2D eigenvalue weighted by atomic mass is 10.0. The van der Waals surface area contributed by atoms with Crippen molar-refractivity contribution in [2.75, 3.05) is 46.4 Å². The highest BCUT2D eigenvalue weighted by Gasteiger charge is 2.19. The van der Waals surface area contributed by atoms with Gasteiger partial charge in [-0.3, -0.25) is 23.8 Å². The molecule has 0 unspecified atom stereocenters. The van der Waals surface area contributed by atoms with E-state index in [4.69, 9.17) is 14.8 Å². The SMILES string of the molecule is Cc1nn(Cc2cccc(C(C)C)n2)c2cccc(CC(=O)c3cnc4cc(OCCN5CCN(C)CC5)ccn34)c12. The average Bonchev–Trinajstić information content (AvgIpc) is 3.55. The van der Waals surface area contributed by atoms with Crippen LogP contribution in [0.4, 0.5) is 0 Å². The number of carbonyl (C=O) groups excluding carboxylic acids is 1. The fraction of sp³-hybridized carbons (Fsp3) is 0.394. The molecule has 9 nitrogen and oxygen atoms in total. The smallest absolute Gasteiger partial charge is 0.185 e. The van der Waals surface area contributed by atoms with E-state index in [-0.39, 0.29) is 12.2 Å². The number of aromatic nitrogens is 5. The predicted molar refractivity (Wildman–Crippen MR) is 165 cm³/mol. The maximum atomic E-state index is 13.6. The van der Waals surface area contributed by atoms with E-state index in [1.54, 1.807) is 6.20 Å². The fourth-order valence-electron chi connectivity index (χ4n) is 5.72. The summed E-state index contributed by atoms with van der Waals surface area (Å²) in [4.78, 5) is 27.7. The summed E-state index contributed by atoms with van der Waals surface area (Å²) >= 11 is 0. The summed E-state index contributed by atoms with van der Waals surface area (Å²) in [5.74, 6) is 1.14. The van der Waals surface area contributed by atoms with E-state index in [9.17, 15) is 4.79 Å². The zero-order chi connectivity index (χ0) is 29.2. The van der Waals surface area contributed by atoms with E-state index in [1.165, 1.54) is 0 Å². The molecule has 5 aromatic rings. The van der Waals surface area contributed by atoms with E-state index in [0.29, 0.717) is 30.4 Å². The predicted octanol–water partition coefficient (Wildman–Crippen LogP) is 4.61. The van der Waals surface area contributed by atoms with Gasteiger partial charge in [-0.1, -0.05) is 32.0 Å². The Labute approximate surface area is 246 Å². The summed E-state index contributed by atoms with van der Waals surface area (Å²) in [6, 6.07) is 16.1. The molecule has 0 N–H and O–H groups in total. The maximum absolute atomic E-state index is 13.6. The Balaban J connectivity index is 1.16. The van der Waals surface area contributed by atoms with Crippen molar-refractivity contribution in [2.45, 2.75) is 39.7 Å². The van der Waals surface area contributed by atoms with E-state index in [0.717, 1.165) is 72.0 Å². The van der Waals surface area contributed by atoms with E-state index >= 15 is 0 Å². The molecule has 9 heteroatoms. The number of rotatable bonds is 10. The third-order valence-electron chi connectivity index (χ3n) is 8.16. The molecule has 0 atom stereocenters. The number of carbonyl (C=O) groups is 1. The molecule has 218 valence electrons. The van der Waals surface area contributed by atoms with Crippen LogP contribution in [0.5, 0.6) is 5.75 Å². The minimum atomic E-state index is 0.0113. The van der Waals surface area contributed by atoms with Gasteiger partial charge in [-0.05, 0) is 49.7 Å². The molecule has 0 amide bonds. The highest BCUT2D eigenvalue weighted by atomic mass is 16.5. The fourth-order valence-corrected chi connectivity index (χ4v) is 5.72. The van der Waals surface area contributed by atoms with Gasteiger partial charge in [0.15, 0.2) is 5.78 Å². The van der Waals surface area contributed by atoms with Crippen LogP contribution in [0.25, 0.3) is 16.6 Å². The van der Waals surface area contributed by atoms with Crippen molar-refractivity contribution in [1.82, 2.24) is 33.9 Å². The molecule has 1 saturated heterocycles. The summed E-state index contributed by atoms with van der Waals surface area (Å²) in [5.41, 5.74) is 6.18. The van der Waals surface area contributed by atoms with Crippen molar-refractivity contribution in [2.24, 2.45) is 0 Å². The Kier molecular flexibility index (Phi) is 8.04. The van der Waals surface area contributed by atoms with Crippen LogP contribution in [0.1, 0.15) is 52.9 Å². The van der Waals surface area contributed by atoms with Gasteiger partial charge in [0.2, 0.25) is 0 Å². The van der Waals surface area contributed by atoms with Gasteiger partial charge in [-0.2, -0.15) is 5.10 Å². The van der Waals surface area contributed by atoms with Gasteiger partial charge in [-0.25, -0.2) is 4.98 Å². The highest BCUT2D eigenvalue weighted by Crippen LogP contribution is 2.25. The molecule has 1 aliphatic rings. The van der Waals surface area contributed by atoms with Gasteiger partial charge in [0.05, 0.1) is 29.6 Å². The van der Waals surface area contributed by atoms with Crippen molar-refractivity contribution < 1.29 is 9.53 Å². The number of ether oxygens (including phenoxy) is 1. The van der Waals surface area contributed by atoms with Crippen LogP contribution in [0.3, 0.4) is 0 Å². The third-order valence-corrected chi connectivity index (χ3v) is 8.16. The van der Waals surface area contributed by atoms with Crippen LogP contribution >= 0.6 is 0 Å². The van der Waals surface area contributed by atoms with Crippen LogP contribution in [-0.2, 0) is 13.0 Å². The van der Waals surface area contributed by atoms with Gasteiger partial charge in [0.25, 0.3) is 0 Å².